The van der Waals surface area contributed by atoms with Gasteiger partial charge in [0.15, 0.2) is 17.4 Å². The van der Waals surface area contributed by atoms with Crippen molar-refractivity contribution in [3.8, 4) is 11.3 Å². The molecule has 0 atom stereocenters. The minimum Gasteiger partial charge on any atom is -0.478 e. The molecule has 0 aliphatic heterocycles. The fourth-order valence-corrected chi connectivity index (χ4v) is 3.79. The Labute approximate surface area is 216 Å². The van der Waals surface area contributed by atoms with Gasteiger partial charge in [-0.1, -0.05) is 35.3 Å². The fraction of sp³-hybridized carbons (Fsp3) is 0.167. The number of aromatic nitrogens is 3. The van der Waals surface area contributed by atoms with E-state index in [0.717, 1.165) is 0 Å². The van der Waals surface area contributed by atoms with Crippen LogP contribution in [0.1, 0.15) is 22.1 Å². The molecule has 0 spiro atoms. The summed E-state index contributed by atoms with van der Waals surface area (Å²) in [5, 5.41) is 29.2. The normalized spacial score (nSPS) is 10.8. The number of halogens is 2. The monoisotopic (exact) mass is 528 g/mol. The van der Waals surface area contributed by atoms with E-state index < -0.39 is 5.97 Å². The van der Waals surface area contributed by atoms with Gasteiger partial charge >= 0.3 is 5.97 Å². The summed E-state index contributed by atoms with van der Waals surface area (Å²) < 4.78 is 5.86. The van der Waals surface area contributed by atoms with Gasteiger partial charge in [-0.05, 0) is 37.3 Å². The van der Waals surface area contributed by atoms with Gasteiger partial charge in [0.2, 0.25) is 5.89 Å². The van der Waals surface area contributed by atoms with Gasteiger partial charge in [0.05, 0.1) is 35.6 Å². The Morgan fingerprint density at radius 2 is 1.86 bits per heavy atom. The number of oxazole rings is 1. The van der Waals surface area contributed by atoms with Crippen molar-refractivity contribution in [2.75, 3.05) is 29.1 Å². The molecular formula is C24H22Cl2N6O4. The van der Waals surface area contributed by atoms with E-state index >= 15 is 0 Å². The van der Waals surface area contributed by atoms with Crippen molar-refractivity contribution in [1.29, 1.82) is 0 Å². The Hall–Kier alpha value is -3.86. The lowest BCUT2D eigenvalue weighted by atomic mass is 10.2. The van der Waals surface area contributed by atoms with E-state index in [9.17, 15) is 15.0 Å². The second-order valence-corrected chi connectivity index (χ2v) is 8.41. The third kappa shape index (κ3) is 5.85. The van der Waals surface area contributed by atoms with Gasteiger partial charge in [0.1, 0.15) is 11.5 Å². The number of rotatable bonds is 10. The molecule has 2 aromatic carbocycles. The highest BCUT2D eigenvalue weighted by molar-refractivity contribution is 6.35. The van der Waals surface area contributed by atoms with Crippen molar-refractivity contribution in [1.82, 2.24) is 15.0 Å². The number of benzene rings is 2. The summed E-state index contributed by atoms with van der Waals surface area (Å²) in [5.41, 5.74) is 1.49. The van der Waals surface area contributed by atoms with E-state index in [-0.39, 0.29) is 25.3 Å². The quantitative estimate of drug-likeness (QED) is 0.186. The summed E-state index contributed by atoms with van der Waals surface area (Å²) in [7, 11) is 0. The van der Waals surface area contributed by atoms with Crippen LogP contribution in [0.4, 0.5) is 23.0 Å². The third-order valence-corrected chi connectivity index (χ3v) is 5.56. The summed E-state index contributed by atoms with van der Waals surface area (Å²) in [4.78, 5) is 24.9. The van der Waals surface area contributed by atoms with E-state index in [1.807, 2.05) is 0 Å². The lowest BCUT2D eigenvalue weighted by molar-refractivity contribution is 0.0698. The molecule has 0 saturated carbocycles. The SMILES string of the molecule is Cc1nc(NCCO)c(NCc2ncc(-c3cc(Cl)ccc3Cl)o2)c(Nc2ccccc2C(=O)O)n1. The number of carboxylic acid groups (broad SMARTS) is 1. The third-order valence-electron chi connectivity index (χ3n) is 5.00. The van der Waals surface area contributed by atoms with Crippen LogP contribution in [0.3, 0.4) is 0 Å². The zero-order valence-corrected chi connectivity index (χ0v) is 20.6. The number of hydrogen-bond donors (Lipinski definition) is 5. The smallest absolute Gasteiger partial charge is 0.337 e. The Morgan fingerprint density at radius 3 is 2.64 bits per heavy atom. The van der Waals surface area contributed by atoms with Gasteiger partial charge in [-0.3, -0.25) is 0 Å². The Balaban J connectivity index is 1.65. The second-order valence-electron chi connectivity index (χ2n) is 7.57. The number of aromatic carboxylic acids is 1. The summed E-state index contributed by atoms with van der Waals surface area (Å²) in [6.07, 6.45) is 1.55. The molecule has 0 saturated heterocycles. The predicted molar refractivity (Wildman–Crippen MR) is 138 cm³/mol. The molecule has 36 heavy (non-hydrogen) atoms. The van der Waals surface area contributed by atoms with Crippen LogP contribution in [0.5, 0.6) is 0 Å². The van der Waals surface area contributed by atoms with Crippen LogP contribution in [-0.4, -0.2) is 44.3 Å². The zero-order valence-electron chi connectivity index (χ0n) is 19.0. The Morgan fingerprint density at radius 1 is 1.08 bits per heavy atom. The van der Waals surface area contributed by atoms with E-state index in [1.54, 1.807) is 49.5 Å². The molecule has 0 aliphatic rings. The van der Waals surface area contributed by atoms with E-state index in [0.29, 0.717) is 56.1 Å². The molecular weight excluding hydrogens is 507 g/mol. The van der Waals surface area contributed by atoms with Crippen LogP contribution in [0, 0.1) is 6.92 Å². The Bertz CT molecular complexity index is 1400. The summed E-state index contributed by atoms with van der Waals surface area (Å²) in [6.45, 7) is 1.98. The summed E-state index contributed by atoms with van der Waals surface area (Å²) >= 11 is 12.4. The molecule has 12 heteroatoms. The van der Waals surface area contributed by atoms with Gasteiger partial charge in [-0.2, -0.15) is 0 Å². The first-order valence-corrected chi connectivity index (χ1v) is 11.6. The average Bonchev–Trinajstić information content (AvgIpc) is 3.32. The minimum atomic E-state index is -1.08. The molecule has 0 bridgehead atoms. The number of aryl methyl sites for hydroxylation is 1. The molecule has 0 fully saturated rings. The molecule has 0 unspecified atom stereocenters. The van der Waals surface area contributed by atoms with E-state index in [1.165, 1.54) is 6.07 Å². The highest BCUT2D eigenvalue weighted by Gasteiger charge is 2.18. The van der Waals surface area contributed by atoms with E-state index in [2.05, 4.69) is 30.9 Å². The lowest BCUT2D eigenvalue weighted by Crippen LogP contribution is -2.14. The molecule has 4 aromatic rings. The fourth-order valence-electron chi connectivity index (χ4n) is 3.41. The maximum Gasteiger partial charge on any atom is 0.337 e. The zero-order chi connectivity index (χ0) is 25.7. The molecule has 4 rings (SSSR count). The number of aliphatic hydroxyl groups is 1. The van der Waals surface area contributed by atoms with Gasteiger partial charge < -0.3 is 30.6 Å². The standard InChI is InChI=1S/C24H22Cl2N6O4/c1-13-30-22(27-8-9-33)21(23(31-13)32-18-5-3-2-4-15(18)24(34)35)29-12-20-28-11-19(36-20)16-10-14(25)6-7-17(16)26/h2-7,10-11,29,33H,8-9,12H2,1H3,(H,34,35)(H2,27,30,31,32). The highest BCUT2D eigenvalue weighted by atomic mass is 35.5. The van der Waals surface area contributed by atoms with Crippen molar-refractivity contribution in [2.24, 2.45) is 0 Å². The summed E-state index contributed by atoms with van der Waals surface area (Å²) in [6, 6.07) is 11.5. The molecule has 5 N–H and O–H groups in total. The van der Waals surface area contributed by atoms with Crippen LogP contribution >= 0.6 is 23.2 Å². The van der Waals surface area contributed by atoms with Crippen LogP contribution in [0.15, 0.2) is 53.1 Å². The average molecular weight is 529 g/mol. The van der Waals surface area contributed by atoms with Crippen molar-refractivity contribution >= 4 is 52.2 Å². The number of nitrogens with zero attached hydrogens (tertiary/aromatic N) is 3. The molecule has 10 nitrogen and oxygen atoms in total. The first-order chi connectivity index (χ1) is 17.4. The number of hydrogen-bond acceptors (Lipinski definition) is 9. The number of nitrogens with one attached hydrogen (secondary N) is 3. The first kappa shape index (κ1) is 25.2. The van der Waals surface area contributed by atoms with Crippen molar-refractivity contribution < 1.29 is 19.4 Å². The topological polar surface area (TPSA) is 145 Å². The van der Waals surface area contributed by atoms with E-state index in [4.69, 9.17) is 27.6 Å². The van der Waals surface area contributed by atoms with Crippen molar-refractivity contribution in [2.45, 2.75) is 13.5 Å². The lowest BCUT2D eigenvalue weighted by Gasteiger charge is -2.18. The van der Waals surface area contributed by atoms with Gasteiger partial charge in [-0.15, -0.1) is 0 Å². The number of para-hydroxylation sites is 1. The molecule has 0 aliphatic carbocycles. The highest BCUT2D eigenvalue weighted by Crippen LogP contribution is 2.33. The predicted octanol–water partition coefficient (Wildman–Crippen LogP) is 5.20. The van der Waals surface area contributed by atoms with Gasteiger partial charge in [0.25, 0.3) is 0 Å². The van der Waals surface area contributed by atoms with Crippen LogP contribution in [0.25, 0.3) is 11.3 Å². The Kier molecular flexibility index (Phi) is 7.89. The molecule has 186 valence electrons. The van der Waals surface area contributed by atoms with Crippen molar-refractivity contribution in [3.05, 3.63) is 76.0 Å². The van der Waals surface area contributed by atoms with Crippen LogP contribution < -0.4 is 16.0 Å². The second kappa shape index (κ2) is 11.3. The van der Waals surface area contributed by atoms with Crippen molar-refractivity contribution in [3.63, 3.8) is 0 Å². The molecule has 2 aromatic heterocycles. The number of carboxylic acids is 1. The van der Waals surface area contributed by atoms with Crippen LogP contribution in [0.2, 0.25) is 10.0 Å². The minimum absolute atomic E-state index is 0.0836. The summed E-state index contributed by atoms with van der Waals surface area (Å²) in [5.74, 6) is 0.908. The number of aliphatic hydroxyl groups excluding tert-OH is 1. The van der Waals surface area contributed by atoms with Gasteiger partial charge in [0, 0.05) is 17.1 Å². The molecule has 0 radical (unpaired) electrons. The molecule has 0 amide bonds. The maximum atomic E-state index is 11.7. The van der Waals surface area contributed by atoms with Gasteiger partial charge in [-0.25, -0.2) is 19.7 Å². The maximum absolute atomic E-state index is 11.7. The first-order valence-electron chi connectivity index (χ1n) is 10.8. The largest absolute Gasteiger partial charge is 0.478 e. The molecule has 2 heterocycles. The number of anilines is 4. The van der Waals surface area contributed by atoms with Crippen LogP contribution in [-0.2, 0) is 6.54 Å². The number of carbonyl (C=O) groups is 1.